The van der Waals surface area contributed by atoms with Gasteiger partial charge in [0.1, 0.15) is 6.04 Å². The second-order valence-electron chi connectivity index (χ2n) is 8.15. The minimum absolute atomic E-state index is 0.0664. The number of nitrogens with one attached hydrogen (secondary N) is 1. The Morgan fingerprint density at radius 2 is 1.31 bits per heavy atom. The Morgan fingerprint density at radius 3 is 1.74 bits per heavy atom. The number of nitrogens with zero attached hydrogens (tertiary/aromatic N) is 2. The largest absolute Gasteiger partial charge is 0.490 e. The maximum absolute atomic E-state index is 12.3. The molecular formula is C22H44F3N7O3. The van der Waals surface area contributed by atoms with E-state index >= 15 is 0 Å². The second kappa shape index (κ2) is 21.8. The summed E-state index contributed by atoms with van der Waals surface area (Å²) in [5.74, 6) is -2.86. The lowest BCUT2D eigenvalue weighted by Gasteiger charge is -2.13. The van der Waals surface area contributed by atoms with E-state index in [1.165, 1.54) is 51.4 Å². The third-order valence-corrected chi connectivity index (χ3v) is 4.86. The van der Waals surface area contributed by atoms with E-state index in [0.29, 0.717) is 19.5 Å². The predicted octanol–water partition coefficient (Wildman–Crippen LogP) is 2.74. The van der Waals surface area contributed by atoms with Crippen molar-refractivity contribution in [3.8, 4) is 0 Å². The number of unbranched alkanes of at least 4 members (excludes halogenated alkanes) is 10. The fourth-order valence-electron chi connectivity index (χ4n) is 3.03. The molecule has 0 unspecified atom stereocenters. The number of alkyl halides is 3. The summed E-state index contributed by atoms with van der Waals surface area (Å²) >= 11 is 0. The minimum atomic E-state index is -5.08. The number of halogens is 3. The van der Waals surface area contributed by atoms with Gasteiger partial charge in [0.2, 0.25) is 5.91 Å². The monoisotopic (exact) mass is 511 g/mol. The number of carboxylic acid groups (broad SMARTS) is 1. The molecule has 0 bridgehead atoms. The van der Waals surface area contributed by atoms with Crippen LogP contribution in [0.25, 0.3) is 0 Å². The molecule has 1 atom stereocenters. The third-order valence-electron chi connectivity index (χ3n) is 4.86. The van der Waals surface area contributed by atoms with Gasteiger partial charge in [0.25, 0.3) is 0 Å². The third kappa shape index (κ3) is 25.7. The Morgan fingerprint density at radius 1 is 0.829 bits per heavy atom. The number of rotatable bonds is 18. The van der Waals surface area contributed by atoms with Crippen molar-refractivity contribution in [1.29, 1.82) is 0 Å². The lowest BCUT2D eigenvalue weighted by molar-refractivity contribution is -0.192. The van der Waals surface area contributed by atoms with Crippen molar-refractivity contribution in [3.05, 3.63) is 0 Å². The number of nitrogens with two attached hydrogens (primary N) is 4. The van der Waals surface area contributed by atoms with Crippen LogP contribution in [0.2, 0.25) is 0 Å². The average Bonchev–Trinajstić information content (AvgIpc) is 2.75. The van der Waals surface area contributed by atoms with E-state index in [1.807, 2.05) is 0 Å². The van der Waals surface area contributed by atoms with Crippen molar-refractivity contribution >= 4 is 23.8 Å². The van der Waals surface area contributed by atoms with E-state index in [-0.39, 0.29) is 17.8 Å². The molecule has 0 saturated heterocycles. The number of aliphatic carboxylic acids is 1. The Balaban J connectivity index is 0. The SMILES string of the molecule is CCCCCCCCCCCCNC(=O)[C@@H](CCCCN=C(N)N)N=C(N)N.O=C(O)C(F)(F)F. The summed E-state index contributed by atoms with van der Waals surface area (Å²) in [6.07, 6.45) is 9.73. The number of hydrogen-bond donors (Lipinski definition) is 6. The summed E-state index contributed by atoms with van der Waals surface area (Å²) < 4.78 is 31.7. The van der Waals surface area contributed by atoms with Gasteiger partial charge >= 0.3 is 12.1 Å². The van der Waals surface area contributed by atoms with Crippen LogP contribution in [0.15, 0.2) is 9.98 Å². The highest BCUT2D eigenvalue weighted by atomic mass is 19.4. The number of aliphatic imine (C=N–C) groups is 2. The van der Waals surface area contributed by atoms with Gasteiger partial charge in [0.15, 0.2) is 11.9 Å². The smallest absolute Gasteiger partial charge is 0.475 e. The Labute approximate surface area is 206 Å². The number of carboxylic acids is 1. The summed E-state index contributed by atoms with van der Waals surface area (Å²) in [4.78, 5) is 29.2. The van der Waals surface area contributed by atoms with Crippen LogP contribution >= 0.6 is 0 Å². The number of guanidine groups is 2. The van der Waals surface area contributed by atoms with Gasteiger partial charge in [-0.15, -0.1) is 0 Å². The molecule has 0 aliphatic heterocycles. The average molecular weight is 512 g/mol. The zero-order chi connectivity index (χ0) is 27.1. The first-order valence-electron chi connectivity index (χ1n) is 12.1. The highest BCUT2D eigenvalue weighted by Crippen LogP contribution is 2.13. The molecular weight excluding hydrogens is 467 g/mol. The van der Waals surface area contributed by atoms with Crippen LogP contribution < -0.4 is 28.3 Å². The molecule has 35 heavy (non-hydrogen) atoms. The lowest BCUT2D eigenvalue weighted by Crippen LogP contribution is -2.37. The molecule has 0 aliphatic rings. The quantitative estimate of drug-likeness (QED) is 0.0924. The van der Waals surface area contributed by atoms with Crippen LogP contribution in [0.3, 0.4) is 0 Å². The van der Waals surface area contributed by atoms with Gasteiger partial charge in [-0.2, -0.15) is 13.2 Å². The second-order valence-corrected chi connectivity index (χ2v) is 8.15. The normalized spacial score (nSPS) is 11.5. The van der Waals surface area contributed by atoms with Gasteiger partial charge in [-0.3, -0.25) is 9.79 Å². The van der Waals surface area contributed by atoms with Crippen molar-refractivity contribution < 1.29 is 27.9 Å². The topological polar surface area (TPSA) is 195 Å². The number of carbonyl (C=O) groups excluding carboxylic acids is 1. The lowest BCUT2D eigenvalue weighted by atomic mass is 10.1. The van der Waals surface area contributed by atoms with E-state index < -0.39 is 18.2 Å². The summed E-state index contributed by atoms with van der Waals surface area (Å²) in [6, 6.07) is -0.549. The van der Waals surface area contributed by atoms with Crippen LogP contribution in [-0.2, 0) is 9.59 Å². The minimum Gasteiger partial charge on any atom is -0.475 e. The van der Waals surface area contributed by atoms with Crippen LogP contribution in [0.4, 0.5) is 13.2 Å². The van der Waals surface area contributed by atoms with Gasteiger partial charge in [-0.1, -0.05) is 64.7 Å². The molecule has 13 heteroatoms. The first-order valence-corrected chi connectivity index (χ1v) is 12.1. The molecule has 0 heterocycles. The Hall–Kier alpha value is -2.73. The Bertz CT molecular complexity index is 622. The highest BCUT2D eigenvalue weighted by molar-refractivity contribution is 5.86. The first kappa shape index (κ1) is 34.4. The molecule has 0 aliphatic carbocycles. The number of carbonyl (C=O) groups is 2. The van der Waals surface area contributed by atoms with Crippen molar-refractivity contribution in [2.45, 2.75) is 103 Å². The van der Waals surface area contributed by atoms with Crippen LogP contribution in [0.1, 0.15) is 90.4 Å². The van der Waals surface area contributed by atoms with Crippen LogP contribution in [0.5, 0.6) is 0 Å². The van der Waals surface area contributed by atoms with E-state index in [0.717, 1.165) is 25.7 Å². The maximum Gasteiger partial charge on any atom is 0.490 e. The molecule has 0 spiro atoms. The highest BCUT2D eigenvalue weighted by Gasteiger charge is 2.38. The molecule has 0 radical (unpaired) electrons. The fraction of sp³-hybridized carbons (Fsp3) is 0.818. The molecule has 0 fully saturated rings. The fourth-order valence-corrected chi connectivity index (χ4v) is 3.03. The molecule has 0 aromatic carbocycles. The zero-order valence-electron chi connectivity index (χ0n) is 20.8. The van der Waals surface area contributed by atoms with Gasteiger partial charge in [0.05, 0.1) is 0 Å². The van der Waals surface area contributed by atoms with E-state index in [1.54, 1.807) is 0 Å². The summed E-state index contributed by atoms with van der Waals surface area (Å²) in [5, 5.41) is 10.1. The molecule has 10 N–H and O–H groups in total. The van der Waals surface area contributed by atoms with E-state index in [9.17, 15) is 18.0 Å². The standard InChI is InChI=1S/C20H43N7O.C2HF3O2/c1-2-3-4-5-6-7-8-9-10-12-15-25-18(28)17(27-20(23)24)14-11-13-16-26-19(21)22;3-2(4,5)1(6)7/h17H,2-16H2,1H3,(H,25,28)(H4,21,22,26)(H4,23,24,27);(H,6,7)/t17-;/m1./s1. The van der Waals surface area contributed by atoms with Gasteiger partial charge < -0.3 is 33.4 Å². The first-order chi connectivity index (χ1) is 16.4. The molecule has 206 valence electrons. The number of hydrogen-bond acceptors (Lipinski definition) is 4. The van der Waals surface area contributed by atoms with Crippen molar-refractivity contribution in [2.24, 2.45) is 32.9 Å². The van der Waals surface area contributed by atoms with Gasteiger partial charge in [0, 0.05) is 13.1 Å². The Kier molecular flexibility index (Phi) is 21.4. The summed E-state index contributed by atoms with van der Waals surface area (Å²) in [5.41, 5.74) is 21.5. The summed E-state index contributed by atoms with van der Waals surface area (Å²) in [6.45, 7) is 3.45. The van der Waals surface area contributed by atoms with Crippen molar-refractivity contribution in [2.75, 3.05) is 13.1 Å². The molecule has 0 aromatic rings. The summed E-state index contributed by atoms with van der Waals surface area (Å²) in [7, 11) is 0. The molecule has 0 saturated carbocycles. The molecule has 0 aromatic heterocycles. The van der Waals surface area contributed by atoms with E-state index in [2.05, 4.69) is 22.2 Å². The van der Waals surface area contributed by atoms with Gasteiger partial charge in [-0.05, 0) is 25.7 Å². The predicted molar refractivity (Wildman–Crippen MR) is 133 cm³/mol. The van der Waals surface area contributed by atoms with Crippen LogP contribution in [0, 0.1) is 0 Å². The van der Waals surface area contributed by atoms with Crippen molar-refractivity contribution in [3.63, 3.8) is 0 Å². The van der Waals surface area contributed by atoms with Crippen LogP contribution in [-0.4, -0.2) is 54.2 Å². The van der Waals surface area contributed by atoms with Gasteiger partial charge in [-0.25, -0.2) is 9.79 Å². The molecule has 1 amide bonds. The zero-order valence-corrected chi connectivity index (χ0v) is 20.8. The molecule has 0 rings (SSSR count). The maximum atomic E-state index is 12.3. The van der Waals surface area contributed by atoms with E-state index in [4.69, 9.17) is 32.8 Å². The number of amides is 1. The van der Waals surface area contributed by atoms with Crippen molar-refractivity contribution in [1.82, 2.24) is 5.32 Å². The molecule has 10 nitrogen and oxygen atoms in total.